The molecule has 0 unspecified atom stereocenters. The molecule has 14 nitrogen and oxygen atoms in total. The van der Waals surface area contributed by atoms with Crippen molar-refractivity contribution in [3.8, 4) is 0 Å². The van der Waals surface area contributed by atoms with Gasteiger partial charge in [-0.15, -0.1) is 0 Å². The number of amides is 6. The van der Waals surface area contributed by atoms with Crippen molar-refractivity contribution in [2.45, 2.75) is 13.8 Å². The third kappa shape index (κ3) is 2.87. The number of nitrogens with one attached hydrogen (secondary N) is 2. The highest BCUT2D eigenvalue weighted by atomic mass is 16.4. The van der Waals surface area contributed by atoms with E-state index in [0.717, 1.165) is 16.8 Å². The van der Waals surface area contributed by atoms with Crippen LogP contribution >= 0.6 is 0 Å². The van der Waals surface area contributed by atoms with Gasteiger partial charge in [-0.25, -0.2) is 9.59 Å². The normalized spacial score (nSPS) is 16.8. The van der Waals surface area contributed by atoms with Gasteiger partial charge >= 0.3 is 17.4 Å². The molecule has 2 heterocycles. The topological polar surface area (TPSA) is 208 Å². The molecule has 2 fully saturated rings. The molecule has 0 aliphatic carbocycles. The van der Waals surface area contributed by atoms with Crippen molar-refractivity contribution in [3.63, 3.8) is 0 Å². The fourth-order valence-electron chi connectivity index (χ4n) is 2.89. The first-order chi connectivity index (χ1) is 13.8. The number of carbonyl (C=O) groups excluding carboxylic acids is 6. The minimum absolute atomic E-state index is 0.0120. The van der Waals surface area contributed by atoms with E-state index in [2.05, 4.69) is 0 Å². The van der Waals surface area contributed by atoms with Gasteiger partial charge in [-0.2, -0.15) is 0 Å². The maximum Gasteiger partial charge on any atom is 0.340 e. The van der Waals surface area contributed by atoms with Crippen LogP contribution in [0.15, 0.2) is 0 Å². The standard InChI is InChI=1S/C8H12N2O6.C8H8N2O4/c1-3-10-5(12)8(6(13)14,7(15)16)4(11)9-2;1-3-10-6(13)8(7(10)14)4(11)9(2)5(8)12/h3H2,1-2H3,(H,9,11)(H,10,12)(H,13,14)(H,15,16);3H2,1-2H3. The maximum atomic E-state index is 11.4. The Balaban J connectivity index is 0.000000301. The molecule has 4 N–H and O–H groups in total. The molecule has 0 aromatic rings. The Bertz CT molecular complexity index is 816. The van der Waals surface area contributed by atoms with Gasteiger partial charge in [0.25, 0.3) is 40.9 Å². The monoisotopic (exact) mass is 428 g/mol. The van der Waals surface area contributed by atoms with Crippen LogP contribution in [0.4, 0.5) is 0 Å². The molecule has 2 saturated heterocycles. The van der Waals surface area contributed by atoms with Crippen LogP contribution in [0.1, 0.15) is 13.8 Å². The summed E-state index contributed by atoms with van der Waals surface area (Å²) < 4.78 is 0. The van der Waals surface area contributed by atoms with Crippen molar-refractivity contribution in [1.82, 2.24) is 20.4 Å². The number of carboxylic acids is 2. The van der Waals surface area contributed by atoms with E-state index in [1.165, 1.54) is 14.0 Å². The number of carbonyl (C=O) groups is 8. The van der Waals surface area contributed by atoms with Gasteiger partial charge in [-0.05, 0) is 13.8 Å². The summed E-state index contributed by atoms with van der Waals surface area (Å²) in [7, 11) is 2.30. The molecule has 0 bridgehead atoms. The molecule has 0 radical (unpaired) electrons. The van der Waals surface area contributed by atoms with Gasteiger partial charge in [-0.1, -0.05) is 0 Å². The van der Waals surface area contributed by atoms with Crippen LogP contribution in [0.25, 0.3) is 0 Å². The summed E-state index contributed by atoms with van der Waals surface area (Å²) in [6.45, 7) is 3.29. The molecule has 30 heavy (non-hydrogen) atoms. The average molecular weight is 428 g/mol. The van der Waals surface area contributed by atoms with Crippen LogP contribution in [0.2, 0.25) is 0 Å². The molecule has 0 saturated carbocycles. The lowest BCUT2D eigenvalue weighted by atomic mass is 9.69. The van der Waals surface area contributed by atoms with Crippen molar-refractivity contribution in [2.75, 3.05) is 27.2 Å². The van der Waals surface area contributed by atoms with Gasteiger partial charge in [0.2, 0.25) is 0 Å². The first-order valence-electron chi connectivity index (χ1n) is 8.51. The second-order valence-electron chi connectivity index (χ2n) is 6.07. The number of carboxylic acid groups (broad SMARTS) is 2. The molecule has 164 valence electrons. The molecule has 2 rings (SSSR count). The Hall–Kier alpha value is -3.84. The lowest BCUT2D eigenvalue weighted by Crippen LogP contribution is -2.83. The van der Waals surface area contributed by atoms with Crippen molar-refractivity contribution >= 4 is 47.4 Å². The van der Waals surface area contributed by atoms with Gasteiger partial charge in [0.1, 0.15) is 0 Å². The second kappa shape index (κ2) is 8.26. The fraction of sp³-hybridized carbons (Fsp3) is 0.500. The van der Waals surface area contributed by atoms with Crippen molar-refractivity contribution in [3.05, 3.63) is 0 Å². The van der Waals surface area contributed by atoms with Crippen LogP contribution < -0.4 is 10.6 Å². The van der Waals surface area contributed by atoms with Gasteiger partial charge in [0, 0.05) is 27.2 Å². The molecule has 6 amide bonds. The quantitative estimate of drug-likeness (QED) is 0.241. The second-order valence-corrected chi connectivity index (χ2v) is 6.07. The van der Waals surface area contributed by atoms with Crippen molar-refractivity contribution < 1.29 is 48.6 Å². The zero-order valence-corrected chi connectivity index (χ0v) is 16.5. The van der Waals surface area contributed by atoms with Crippen LogP contribution in [-0.4, -0.2) is 94.6 Å². The molecule has 2 aliphatic heterocycles. The number of β-lactam (4-membered cyclic amide) rings is 4. The van der Waals surface area contributed by atoms with E-state index in [0.29, 0.717) is 0 Å². The summed E-state index contributed by atoms with van der Waals surface area (Å²) in [6, 6.07) is 0. The summed E-state index contributed by atoms with van der Waals surface area (Å²) in [6.07, 6.45) is 0. The molecule has 14 heteroatoms. The van der Waals surface area contributed by atoms with Crippen molar-refractivity contribution in [1.29, 1.82) is 0 Å². The average Bonchev–Trinajstić information content (AvgIpc) is 2.68. The Morgan fingerprint density at radius 3 is 1.63 bits per heavy atom. The number of rotatable bonds is 6. The fourth-order valence-corrected chi connectivity index (χ4v) is 2.89. The molecule has 2 aliphatic rings. The third-order valence-corrected chi connectivity index (χ3v) is 4.59. The first kappa shape index (κ1) is 24.2. The predicted octanol–water partition coefficient (Wildman–Crippen LogP) is -3.62. The third-order valence-electron chi connectivity index (χ3n) is 4.59. The van der Waals surface area contributed by atoms with Gasteiger partial charge < -0.3 is 20.8 Å². The van der Waals surface area contributed by atoms with Gasteiger partial charge in [-0.3, -0.25) is 38.6 Å². The summed E-state index contributed by atoms with van der Waals surface area (Å²) in [5, 5.41) is 21.4. The SMILES string of the molecule is CCN1C(=O)C2(C(=O)N(C)C2=O)C1=O.CCNC(=O)C(C(=O)O)(C(=O)O)C(=O)NC. The Morgan fingerprint density at radius 1 is 0.900 bits per heavy atom. The number of hydrogen-bond acceptors (Lipinski definition) is 8. The predicted molar refractivity (Wildman–Crippen MR) is 93.1 cm³/mol. The van der Waals surface area contributed by atoms with Crippen LogP contribution in [0, 0.1) is 10.8 Å². The largest absolute Gasteiger partial charge is 0.480 e. The highest BCUT2D eigenvalue weighted by Gasteiger charge is 2.79. The molecular weight excluding hydrogens is 408 g/mol. The molecule has 0 aromatic heterocycles. The Morgan fingerprint density at radius 2 is 1.33 bits per heavy atom. The highest BCUT2D eigenvalue weighted by Crippen LogP contribution is 2.43. The minimum Gasteiger partial charge on any atom is -0.480 e. The summed E-state index contributed by atoms with van der Waals surface area (Å²) in [4.78, 5) is 91.6. The highest BCUT2D eigenvalue weighted by molar-refractivity contribution is 6.52. The number of likely N-dealkylation sites (tertiary alicyclic amines) is 2. The van der Waals surface area contributed by atoms with E-state index >= 15 is 0 Å². The number of nitrogens with zero attached hydrogens (tertiary/aromatic N) is 2. The lowest BCUT2D eigenvalue weighted by Gasteiger charge is -2.51. The minimum atomic E-state index is -3.15. The summed E-state index contributed by atoms with van der Waals surface area (Å²) in [5.41, 5.74) is -5.13. The molecule has 0 aromatic carbocycles. The zero-order valence-electron chi connectivity index (χ0n) is 16.5. The van der Waals surface area contributed by atoms with Crippen LogP contribution in [0.5, 0.6) is 0 Å². The molecule has 1 spiro atoms. The van der Waals surface area contributed by atoms with E-state index in [4.69, 9.17) is 10.2 Å². The van der Waals surface area contributed by atoms with E-state index in [-0.39, 0.29) is 13.1 Å². The van der Waals surface area contributed by atoms with E-state index < -0.39 is 58.2 Å². The van der Waals surface area contributed by atoms with Crippen LogP contribution in [0.3, 0.4) is 0 Å². The van der Waals surface area contributed by atoms with E-state index in [1.54, 1.807) is 6.92 Å². The number of hydrogen-bond donors (Lipinski definition) is 4. The Labute approximate surface area is 169 Å². The molecular formula is C16H20N4O10. The summed E-state index contributed by atoms with van der Waals surface area (Å²) in [5.74, 6) is -9.64. The van der Waals surface area contributed by atoms with E-state index in [9.17, 15) is 38.4 Å². The zero-order chi connectivity index (χ0) is 23.6. The lowest BCUT2D eigenvalue weighted by molar-refractivity contribution is -0.198. The van der Waals surface area contributed by atoms with Crippen LogP contribution in [-0.2, 0) is 38.4 Å². The number of aliphatic carboxylic acids is 2. The van der Waals surface area contributed by atoms with Crippen molar-refractivity contribution in [2.24, 2.45) is 10.8 Å². The smallest absolute Gasteiger partial charge is 0.340 e. The molecule has 0 atom stereocenters. The maximum absolute atomic E-state index is 11.4. The van der Waals surface area contributed by atoms with Gasteiger partial charge in [0.05, 0.1) is 0 Å². The Kier molecular flexibility index (Phi) is 6.66. The number of imide groups is 2. The van der Waals surface area contributed by atoms with E-state index in [1.807, 2.05) is 10.6 Å². The first-order valence-corrected chi connectivity index (χ1v) is 8.51. The van der Waals surface area contributed by atoms with Gasteiger partial charge in [0.15, 0.2) is 0 Å². The summed E-state index contributed by atoms with van der Waals surface area (Å²) >= 11 is 0.